The summed E-state index contributed by atoms with van der Waals surface area (Å²) in [7, 11) is 0. The van der Waals surface area contributed by atoms with Gasteiger partial charge in [-0.25, -0.2) is 0 Å². The topological polar surface area (TPSA) is 79.5 Å². The van der Waals surface area contributed by atoms with Crippen LogP contribution in [0.5, 0.6) is 5.75 Å². The lowest BCUT2D eigenvalue weighted by atomic mass is 10.2. The Balaban J connectivity index is 1.74. The van der Waals surface area contributed by atoms with Crippen molar-refractivity contribution in [2.45, 2.75) is 46.0 Å². The molecule has 0 radical (unpaired) electrons. The summed E-state index contributed by atoms with van der Waals surface area (Å²) in [6.07, 6.45) is 6.02. The van der Waals surface area contributed by atoms with E-state index in [1.807, 2.05) is 31.2 Å². The van der Waals surface area contributed by atoms with Crippen molar-refractivity contribution < 1.29 is 14.3 Å². The molecule has 0 aliphatic heterocycles. The Morgan fingerprint density at radius 2 is 1.67 bits per heavy atom. The van der Waals surface area contributed by atoms with Crippen LogP contribution in [0.15, 0.2) is 48.5 Å². The number of hydrogen-bond donors (Lipinski definition) is 3. The van der Waals surface area contributed by atoms with Crippen LogP contribution in [0.25, 0.3) is 0 Å². The van der Waals surface area contributed by atoms with Gasteiger partial charge in [0, 0.05) is 29.5 Å². The van der Waals surface area contributed by atoms with Gasteiger partial charge in [0.25, 0.3) is 5.91 Å². The van der Waals surface area contributed by atoms with Crippen molar-refractivity contribution in [3.8, 4) is 5.75 Å². The van der Waals surface area contributed by atoms with Gasteiger partial charge in [-0.3, -0.25) is 9.59 Å². The van der Waals surface area contributed by atoms with Crippen molar-refractivity contribution >= 4 is 23.2 Å². The normalized spacial score (nSPS) is 10.3. The van der Waals surface area contributed by atoms with Gasteiger partial charge in [-0.1, -0.05) is 38.7 Å². The van der Waals surface area contributed by atoms with Gasteiger partial charge in [0.1, 0.15) is 5.75 Å². The van der Waals surface area contributed by atoms with Crippen LogP contribution in [0.3, 0.4) is 0 Å². The number of benzene rings is 2. The minimum Gasteiger partial charge on any atom is -0.494 e. The Labute approximate surface area is 179 Å². The van der Waals surface area contributed by atoms with E-state index in [0.717, 1.165) is 17.9 Å². The zero-order valence-electron chi connectivity index (χ0n) is 18.0. The van der Waals surface area contributed by atoms with Crippen molar-refractivity contribution in [1.29, 1.82) is 0 Å². The van der Waals surface area contributed by atoms with Crippen molar-refractivity contribution in [2.24, 2.45) is 0 Å². The Hall–Kier alpha value is -3.02. The van der Waals surface area contributed by atoms with E-state index in [2.05, 4.69) is 22.9 Å². The first-order valence-electron chi connectivity index (χ1n) is 10.8. The molecule has 0 atom stereocenters. The summed E-state index contributed by atoms with van der Waals surface area (Å²) in [6, 6.07) is 14.5. The lowest BCUT2D eigenvalue weighted by Gasteiger charge is -2.11. The fraction of sp³-hybridized carbons (Fsp3) is 0.417. The molecule has 2 aromatic rings. The highest BCUT2D eigenvalue weighted by molar-refractivity contribution is 5.96. The van der Waals surface area contributed by atoms with E-state index in [1.165, 1.54) is 25.7 Å². The zero-order valence-corrected chi connectivity index (χ0v) is 18.0. The number of anilines is 2. The molecule has 0 aromatic heterocycles. The van der Waals surface area contributed by atoms with Crippen LogP contribution in [0, 0.1) is 0 Å². The molecular weight excluding hydrogens is 378 g/mol. The average Bonchev–Trinajstić information content (AvgIpc) is 2.76. The lowest BCUT2D eigenvalue weighted by molar-refractivity contribution is -0.114. The highest BCUT2D eigenvalue weighted by Crippen LogP contribution is 2.18. The third kappa shape index (κ3) is 8.55. The molecule has 0 aliphatic carbocycles. The Kier molecular flexibility index (Phi) is 10.3. The summed E-state index contributed by atoms with van der Waals surface area (Å²) in [6.45, 7) is 5.50. The first-order valence-corrected chi connectivity index (χ1v) is 10.8. The van der Waals surface area contributed by atoms with Crippen LogP contribution in [-0.2, 0) is 4.79 Å². The molecule has 3 N–H and O–H groups in total. The second-order valence-electron chi connectivity index (χ2n) is 7.13. The predicted octanol–water partition coefficient (Wildman–Crippen LogP) is 4.84. The van der Waals surface area contributed by atoms with Crippen LogP contribution in [0.4, 0.5) is 11.4 Å². The third-order valence-corrected chi connectivity index (χ3v) is 4.57. The lowest BCUT2D eigenvalue weighted by Crippen LogP contribution is -2.23. The van der Waals surface area contributed by atoms with Crippen LogP contribution in [0.1, 0.15) is 56.3 Å². The molecule has 0 bridgehead atoms. The maximum atomic E-state index is 12.2. The maximum absolute atomic E-state index is 12.2. The second-order valence-corrected chi connectivity index (χ2v) is 7.13. The molecule has 30 heavy (non-hydrogen) atoms. The molecule has 0 saturated heterocycles. The number of hydrogen-bond acceptors (Lipinski definition) is 4. The van der Waals surface area contributed by atoms with Gasteiger partial charge in [0.05, 0.1) is 13.2 Å². The molecule has 0 aliphatic rings. The van der Waals surface area contributed by atoms with E-state index >= 15 is 0 Å². The Morgan fingerprint density at radius 3 is 2.40 bits per heavy atom. The summed E-state index contributed by atoms with van der Waals surface area (Å²) in [5.41, 5.74) is 2.05. The minimum atomic E-state index is -0.164. The van der Waals surface area contributed by atoms with Gasteiger partial charge in [0.2, 0.25) is 5.91 Å². The molecule has 2 rings (SSSR count). The van der Waals surface area contributed by atoms with Crippen LogP contribution >= 0.6 is 0 Å². The van der Waals surface area contributed by atoms with Crippen molar-refractivity contribution in [2.75, 3.05) is 30.3 Å². The molecule has 0 fully saturated rings. The van der Waals surface area contributed by atoms with Gasteiger partial charge in [0.15, 0.2) is 0 Å². The highest BCUT2D eigenvalue weighted by Gasteiger charge is 2.06. The van der Waals surface area contributed by atoms with Gasteiger partial charge < -0.3 is 20.7 Å². The van der Waals surface area contributed by atoms with E-state index in [9.17, 15) is 9.59 Å². The molecule has 0 saturated carbocycles. The van der Waals surface area contributed by atoms with Gasteiger partial charge >= 0.3 is 0 Å². The van der Waals surface area contributed by atoms with E-state index in [0.29, 0.717) is 24.4 Å². The monoisotopic (exact) mass is 411 g/mol. The SMILES string of the molecule is CCCCCCCOc1cccc(NCC(=O)Nc2ccc(C(=O)NCC)cc2)c1. The van der Waals surface area contributed by atoms with Crippen LogP contribution in [-0.4, -0.2) is 31.5 Å². The van der Waals surface area contributed by atoms with Gasteiger partial charge in [-0.05, 0) is 49.7 Å². The second kappa shape index (κ2) is 13.2. The smallest absolute Gasteiger partial charge is 0.251 e. The van der Waals surface area contributed by atoms with E-state index in [4.69, 9.17) is 4.74 Å². The molecule has 2 aromatic carbocycles. The average molecular weight is 412 g/mol. The summed E-state index contributed by atoms with van der Waals surface area (Å²) in [5, 5.41) is 8.68. The standard InChI is InChI=1S/C24H33N3O3/c1-3-5-6-7-8-16-30-22-11-9-10-21(17-22)26-18-23(28)27-20-14-12-19(13-15-20)24(29)25-4-2/h9-15,17,26H,3-8,16,18H2,1-2H3,(H,25,29)(H,27,28). The molecule has 0 heterocycles. The number of unbranched alkanes of at least 4 members (excludes halogenated alkanes) is 4. The molecule has 162 valence electrons. The number of amides is 2. The van der Waals surface area contributed by atoms with Gasteiger partial charge in [-0.2, -0.15) is 0 Å². The van der Waals surface area contributed by atoms with E-state index in [-0.39, 0.29) is 18.4 Å². The molecule has 0 spiro atoms. The molecule has 0 unspecified atom stereocenters. The number of carbonyl (C=O) groups excluding carboxylic acids is 2. The number of carbonyl (C=O) groups is 2. The first kappa shape index (κ1) is 23.3. The molecule has 6 heteroatoms. The van der Waals surface area contributed by atoms with Crippen molar-refractivity contribution in [3.05, 3.63) is 54.1 Å². The molecular formula is C24H33N3O3. The Morgan fingerprint density at radius 1 is 0.900 bits per heavy atom. The maximum Gasteiger partial charge on any atom is 0.251 e. The number of nitrogens with one attached hydrogen (secondary N) is 3. The number of ether oxygens (including phenoxy) is 1. The first-order chi connectivity index (χ1) is 14.6. The quantitative estimate of drug-likeness (QED) is 0.412. The molecule has 2 amide bonds. The molecule has 6 nitrogen and oxygen atoms in total. The minimum absolute atomic E-state index is 0.125. The predicted molar refractivity (Wildman–Crippen MR) is 122 cm³/mol. The zero-order chi connectivity index (χ0) is 21.6. The van der Waals surface area contributed by atoms with E-state index < -0.39 is 0 Å². The summed E-state index contributed by atoms with van der Waals surface area (Å²) >= 11 is 0. The Bertz CT molecular complexity index is 791. The fourth-order valence-corrected chi connectivity index (χ4v) is 2.95. The third-order valence-electron chi connectivity index (χ3n) is 4.57. The number of rotatable bonds is 13. The van der Waals surface area contributed by atoms with Crippen LogP contribution < -0.4 is 20.7 Å². The van der Waals surface area contributed by atoms with Crippen molar-refractivity contribution in [3.63, 3.8) is 0 Å². The largest absolute Gasteiger partial charge is 0.494 e. The van der Waals surface area contributed by atoms with Crippen molar-refractivity contribution in [1.82, 2.24) is 5.32 Å². The van der Waals surface area contributed by atoms with E-state index in [1.54, 1.807) is 24.3 Å². The summed E-state index contributed by atoms with van der Waals surface area (Å²) < 4.78 is 5.80. The van der Waals surface area contributed by atoms with Crippen LogP contribution in [0.2, 0.25) is 0 Å². The summed E-state index contributed by atoms with van der Waals surface area (Å²) in [5.74, 6) is 0.514. The fourth-order valence-electron chi connectivity index (χ4n) is 2.95. The van der Waals surface area contributed by atoms with Gasteiger partial charge in [-0.15, -0.1) is 0 Å². The highest BCUT2D eigenvalue weighted by atomic mass is 16.5. The summed E-state index contributed by atoms with van der Waals surface area (Å²) in [4.78, 5) is 24.0.